The molecule has 1 aromatic carbocycles. The van der Waals surface area contributed by atoms with E-state index in [2.05, 4.69) is 19.2 Å². The lowest BCUT2D eigenvalue weighted by Crippen LogP contribution is -2.42. The van der Waals surface area contributed by atoms with Crippen LogP contribution in [0.5, 0.6) is 5.75 Å². The van der Waals surface area contributed by atoms with Crippen LogP contribution in [0.25, 0.3) is 0 Å². The average Bonchev–Trinajstić information content (AvgIpc) is 2.85. The Morgan fingerprint density at radius 2 is 2.07 bits per heavy atom. The van der Waals surface area contributed by atoms with Gasteiger partial charge in [0.1, 0.15) is 5.75 Å². The molecule has 6 nitrogen and oxygen atoms in total. The summed E-state index contributed by atoms with van der Waals surface area (Å²) in [6.07, 6.45) is 3.34. The highest BCUT2D eigenvalue weighted by molar-refractivity contribution is 5.74. The van der Waals surface area contributed by atoms with Gasteiger partial charge in [-0.15, -0.1) is 0 Å². The van der Waals surface area contributed by atoms with E-state index < -0.39 is 5.60 Å². The van der Waals surface area contributed by atoms with Crippen molar-refractivity contribution in [2.45, 2.75) is 51.6 Å². The Balaban J connectivity index is 1.79. The molecule has 0 saturated carbocycles. The summed E-state index contributed by atoms with van der Waals surface area (Å²) in [5, 5.41) is 22.5. The minimum atomic E-state index is -1.05. The number of aliphatic hydroxyl groups is 2. The summed E-state index contributed by atoms with van der Waals surface area (Å²) >= 11 is 0. The second-order valence-electron chi connectivity index (χ2n) is 7.84. The number of aliphatic hydroxyl groups excluding tert-OH is 1. The first kappa shape index (κ1) is 21.5. The third-order valence-electron chi connectivity index (χ3n) is 5.09. The number of amides is 2. The zero-order valence-corrected chi connectivity index (χ0v) is 16.6. The second kappa shape index (κ2) is 10.5. The van der Waals surface area contributed by atoms with Crippen LogP contribution >= 0.6 is 0 Å². The highest BCUT2D eigenvalue weighted by atomic mass is 16.5. The molecule has 0 aliphatic carbocycles. The van der Waals surface area contributed by atoms with E-state index in [1.165, 1.54) is 0 Å². The maximum Gasteiger partial charge on any atom is 0.317 e. The fraction of sp³-hybridized carbons (Fsp3) is 0.667. The van der Waals surface area contributed by atoms with Crippen molar-refractivity contribution in [2.75, 3.05) is 32.8 Å². The Labute approximate surface area is 162 Å². The maximum absolute atomic E-state index is 12.4. The molecule has 2 rings (SSSR count). The summed E-state index contributed by atoms with van der Waals surface area (Å²) in [6.45, 7) is 6.38. The molecule has 0 aromatic heterocycles. The molecular formula is C21H34N2O4. The first-order valence-electron chi connectivity index (χ1n) is 10.0. The Morgan fingerprint density at radius 1 is 1.30 bits per heavy atom. The molecule has 3 N–H and O–H groups in total. The van der Waals surface area contributed by atoms with Crippen molar-refractivity contribution in [2.24, 2.45) is 5.92 Å². The number of hydrogen-bond acceptors (Lipinski definition) is 4. The fourth-order valence-corrected chi connectivity index (χ4v) is 3.21. The van der Waals surface area contributed by atoms with Crippen LogP contribution in [-0.2, 0) is 6.42 Å². The van der Waals surface area contributed by atoms with Gasteiger partial charge in [-0.2, -0.15) is 0 Å². The molecule has 1 aliphatic heterocycles. The molecule has 1 saturated heterocycles. The molecular weight excluding hydrogens is 344 g/mol. The third kappa shape index (κ3) is 7.03. The third-order valence-corrected chi connectivity index (χ3v) is 5.09. The zero-order valence-electron chi connectivity index (χ0n) is 16.6. The molecule has 1 aliphatic rings. The van der Waals surface area contributed by atoms with Gasteiger partial charge in [0.05, 0.1) is 18.8 Å². The number of hydrogen-bond donors (Lipinski definition) is 3. The number of nitrogens with one attached hydrogen (secondary N) is 1. The molecule has 1 aromatic rings. The quantitative estimate of drug-likeness (QED) is 0.649. The number of benzene rings is 1. The van der Waals surface area contributed by atoms with Crippen LogP contribution in [0, 0.1) is 5.92 Å². The molecule has 1 atom stereocenters. The lowest BCUT2D eigenvalue weighted by Gasteiger charge is -2.24. The van der Waals surface area contributed by atoms with E-state index >= 15 is 0 Å². The Morgan fingerprint density at radius 3 is 2.81 bits per heavy atom. The minimum Gasteiger partial charge on any atom is -0.493 e. The number of carbonyl (C=O) groups is 1. The maximum atomic E-state index is 12.4. The minimum absolute atomic E-state index is 0.115. The van der Waals surface area contributed by atoms with E-state index in [0.717, 1.165) is 17.7 Å². The number of urea groups is 1. The van der Waals surface area contributed by atoms with Gasteiger partial charge in [0.15, 0.2) is 0 Å². The van der Waals surface area contributed by atoms with Gasteiger partial charge in [0.2, 0.25) is 0 Å². The summed E-state index contributed by atoms with van der Waals surface area (Å²) in [5.74, 6) is 1.49. The predicted octanol–water partition coefficient (Wildman–Crippen LogP) is 2.57. The SMILES string of the molecule is CC(C)CCOc1ccccc1CCNC(=O)N1CCC[C@@](O)(CO)CC1. The largest absolute Gasteiger partial charge is 0.493 e. The van der Waals surface area contributed by atoms with Crippen molar-refractivity contribution in [3.63, 3.8) is 0 Å². The van der Waals surface area contributed by atoms with Crippen LogP contribution in [-0.4, -0.2) is 59.6 Å². The summed E-state index contributed by atoms with van der Waals surface area (Å²) < 4.78 is 5.90. The number of rotatable bonds is 8. The number of ether oxygens (including phenoxy) is 1. The van der Waals surface area contributed by atoms with Gasteiger partial charge in [-0.25, -0.2) is 4.79 Å². The predicted molar refractivity (Wildman–Crippen MR) is 106 cm³/mol. The lowest BCUT2D eigenvalue weighted by atomic mass is 9.96. The van der Waals surface area contributed by atoms with E-state index in [0.29, 0.717) is 57.8 Å². The molecule has 0 radical (unpaired) electrons. The van der Waals surface area contributed by atoms with Crippen molar-refractivity contribution in [3.8, 4) is 5.75 Å². The molecule has 27 heavy (non-hydrogen) atoms. The Bertz CT molecular complexity index is 593. The fourth-order valence-electron chi connectivity index (χ4n) is 3.21. The number of nitrogens with zero attached hydrogens (tertiary/aromatic N) is 1. The molecule has 2 amide bonds. The summed E-state index contributed by atoms with van der Waals surface area (Å²) in [4.78, 5) is 14.1. The average molecular weight is 379 g/mol. The van der Waals surface area contributed by atoms with Crippen molar-refractivity contribution in [1.82, 2.24) is 10.2 Å². The van der Waals surface area contributed by atoms with Crippen LogP contribution in [0.2, 0.25) is 0 Å². The van der Waals surface area contributed by atoms with Crippen LogP contribution in [0.15, 0.2) is 24.3 Å². The molecule has 0 spiro atoms. The molecule has 6 heteroatoms. The summed E-state index contributed by atoms with van der Waals surface area (Å²) in [5.41, 5.74) is 0.0356. The Hall–Kier alpha value is -1.79. The lowest BCUT2D eigenvalue weighted by molar-refractivity contribution is -0.0248. The van der Waals surface area contributed by atoms with Crippen molar-refractivity contribution >= 4 is 6.03 Å². The van der Waals surface area contributed by atoms with Gasteiger partial charge in [-0.3, -0.25) is 0 Å². The van der Waals surface area contributed by atoms with Crippen LogP contribution in [0.1, 0.15) is 45.1 Å². The highest BCUT2D eigenvalue weighted by Crippen LogP contribution is 2.22. The van der Waals surface area contributed by atoms with Crippen molar-refractivity contribution in [1.29, 1.82) is 0 Å². The number of para-hydroxylation sites is 1. The van der Waals surface area contributed by atoms with Crippen LogP contribution in [0.4, 0.5) is 4.79 Å². The van der Waals surface area contributed by atoms with Gasteiger partial charge in [-0.05, 0) is 49.7 Å². The standard InChI is InChI=1S/C21H34N2O4/c1-17(2)9-15-27-19-7-4-3-6-18(19)8-12-22-20(25)23-13-5-10-21(26,16-24)11-14-23/h3-4,6-7,17,24,26H,5,8-16H2,1-2H3,(H,22,25)/t21-/m0/s1. The summed E-state index contributed by atoms with van der Waals surface area (Å²) in [6, 6.07) is 7.84. The van der Waals surface area contributed by atoms with Crippen molar-refractivity contribution < 1.29 is 19.7 Å². The monoisotopic (exact) mass is 378 g/mol. The van der Waals surface area contributed by atoms with E-state index in [1.54, 1.807) is 4.90 Å². The Kier molecular flexibility index (Phi) is 8.38. The van der Waals surface area contributed by atoms with E-state index in [1.807, 2.05) is 24.3 Å². The normalized spacial score (nSPS) is 20.4. The first-order valence-corrected chi connectivity index (χ1v) is 10.0. The van der Waals surface area contributed by atoms with Gasteiger partial charge in [-0.1, -0.05) is 32.0 Å². The van der Waals surface area contributed by atoms with Crippen LogP contribution < -0.4 is 10.1 Å². The number of carbonyl (C=O) groups excluding carboxylic acids is 1. The van der Waals surface area contributed by atoms with Crippen LogP contribution in [0.3, 0.4) is 0 Å². The topological polar surface area (TPSA) is 82.0 Å². The van der Waals surface area contributed by atoms with Gasteiger partial charge in [0.25, 0.3) is 0 Å². The smallest absolute Gasteiger partial charge is 0.317 e. The molecule has 152 valence electrons. The second-order valence-corrected chi connectivity index (χ2v) is 7.84. The zero-order chi connectivity index (χ0) is 19.7. The summed E-state index contributed by atoms with van der Waals surface area (Å²) in [7, 11) is 0. The first-order chi connectivity index (χ1) is 12.9. The van der Waals surface area contributed by atoms with Gasteiger partial charge in [0, 0.05) is 19.6 Å². The molecule has 1 fully saturated rings. The van der Waals surface area contributed by atoms with Crippen molar-refractivity contribution in [3.05, 3.63) is 29.8 Å². The highest BCUT2D eigenvalue weighted by Gasteiger charge is 2.30. The van der Waals surface area contributed by atoms with Gasteiger partial charge >= 0.3 is 6.03 Å². The molecule has 0 bridgehead atoms. The van der Waals surface area contributed by atoms with E-state index in [4.69, 9.17) is 4.74 Å². The number of likely N-dealkylation sites (tertiary alicyclic amines) is 1. The van der Waals surface area contributed by atoms with Gasteiger partial charge < -0.3 is 25.2 Å². The molecule has 0 unspecified atom stereocenters. The van der Waals surface area contributed by atoms with E-state index in [-0.39, 0.29) is 12.6 Å². The molecule has 1 heterocycles. The van der Waals surface area contributed by atoms with E-state index in [9.17, 15) is 15.0 Å².